The molecule has 0 spiro atoms. The molecule has 0 aromatic carbocycles. The molecular formula is C14H18N4OS. The minimum absolute atomic E-state index is 0.124. The van der Waals surface area contributed by atoms with Crippen LogP contribution in [0.1, 0.15) is 45.1 Å². The third-order valence-electron chi connectivity index (χ3n) is 3.70. The smallest absolute Gasteiger partial charge is 0.267 e. The Balaban J connectivity index is 1.79. The minimum atomic E-state index is -0.124. The van der Waals surface area contributed by atoms with Crippen LogP contribution < -0.4 is 11.1 Å². The fourth-order valence-corrected chi connectivity index (χ4v) is 3.63. The fourth-order valence-electron chi connectivity index (χ4n) is 2.48. The molecule has 0 unspecified atom stereocenters. The van der Waals surface area contributed by atoms with Gasteiger partial charge in [0.15, 0.2) is 5.82 Å². The summed E-state index contributed by atoms with van der Waals surface area (Å²) in [5.41, 5.74) is 8.44. The summed E-state index contributed by atoms with van der Waals surface area (Å²) in [4.78, 5) is 14.4. The molecule has 0 aliphatic heterocycles. The number of nitrogens with one attached hydrogen (secondary N) is 2. The second-order valence-electron chi connectivity index (χ2n) is 5.18. The van der Waals surface area contributed by atoms with Crippen molar-refractivity contribution in [2.24, 2.45) is 0 Å². The standard InChI is InChI=1S/C14H18N4OS/c1-8-12(15)13(18-17-8)16-14(19)11-7-9-5-3-2-4-6-10(9)20-11/h7H,2-6,15H2,1H3,(H2,16,17,18,19). The van der Waals surface area contributed by atoms with Crippen LogP contribution in [0, 0.1) is 6.92 Å². The van der Waals surface area contributed by atoms with Gasteiger partial charge in [0.05, 0.1) is 16.3 Å². The van der Waals surface area contributed by atoms with E-state index in [-0.39, 0.29) is 5.91 Å². The number of nitrogens with two attached hydrogens (primary N) is 1. The maximum absolute atomic E-state index is 12.3. The summed E-state index contributed by atoms with van der Waals surface area (Å²) in [6.07, 6.45) is 5.90. The zero-order valence-electron chi connectivity index (χ0n) is 11.5. The molecule has 1 amide bonds. The lowest BCUT2D eigenvalue weighted by Crippen LogP contribution is -2.11. The van der Waals surface area contributed by atoms with Crippen LogP contribution in [-0.2, 0) is 12.8 Å². The number of H-pyrrole nitrogens is 1. The van der Waals surface area contributed by atoms with E-state index in [9.17, 15) is 4.79 Å². The molecule has 2 aromatic rings. The van der Waals surface area contributed by atoms with Gasteiger partial charge in [0.2, 0.25) is 0 Å². The summed E-state index contributed by atoms with van der Waals surface area (Å²) in [6.45, 7) is 1.82. The second-order valence-corrected chi connectivity index (χ2v) is 6.32. The lowest BCUT2D eigenvalue weighted by molar-refractivity contribution is 0.103. The van der Waals surface area contributed by atoms with Crippen LogP contribution in [0.5, 0.6) is 0 Å². The van der Waals surface area contributed by atoms with Crippen LogP contribution in [0.4, 0.5) is 11.5 Å². The highest BCUT2D eigenvalue weighted by Crippen LogP contribution is 2.29. The van der Waals surface area contributed by atoms with Gasteiger partial charge in [-0.15, -0.1) is 11.3 Å². The highest BCUT2D eigenvalue weighted by atomic mass is 32.1. The fraction of sp³-hybridized carbons (Fsp3) is 0.429. The van der Waals surface area contributed by atoms with Crippen LogP contribution in [0.15, 0.2) is 6.07 Å². The van der Waals surface area contributed by atoms with E-state index in [2.05, 4.69) is 15.5 Å². The number of aromatic amines is 1. The van der Waals surface area contributed by atoms with E-state index in [0.29, 0.717) is 11.5 Å². The Morgan fingerprint density at radius 2 is 2.20 bits per heavy atom. The van der Waals surface area contributed by atoms with Crippen molar-refractivity contribution in [2.45, 2.75) is 39.0 Å². The maximum atomic E-state index is 12.3. The second kappa shape index (κ2) is 5.28. The van der Waals surface area contributed by atoms with Gasteiger partial charge in [0.1, 0.15) is 0 Å². The molecular weight excluding hydrogens is 272 g/mol. The summed E-state index contributed by atoms with van der Waals surface area (Å²) >= 11 is 1.60. The van der Waals surface area contributed by atoms with E-state index in [4.69, 9.17) is 5.73 Å². The van der Waals surface area contributed by atoms with Gasteiger partial charge in [-0.2, -0.15) is 5.10 Å². The number of hydrogen-bond donors (Lipinski definition) is 3. The highest BCUT2D eigenvalue weighted by Gasteiger charge is 2.18. The number of nitrogen functional groups attached to an aromatic ring is 1. The maximum Gasteiger partial charge on any atom is 0.267 e. The SMILES string of the molecule is Cc1[nH]nc(NC(=O)c2cc3c(s2)CCCCC3)c1N. The summed E-state index contributed by atoms with van der Waals surface area (Å²) in [6, 6.07) is 2.02. The number of thiophene rings is 1. The van der Waals surface area contributed by atoms with Gasteiger partial charge >= 0.3 is 0 Å². The lowest BCUT2D eigenvalue weighted by atomic mass is 10.1. The Labute approximate surface area is 121 Å². The quantitative estimate of drug-likeness (QED) is 0.744. The molecule has 2 aromatic heterocycles. The van der Waals surface area contributed by atoms with Crippen LogP contribution in [0.3, 0.4) is 0 Å². The van der Waals surface area contributed by atoms with Crippen molar-refractivity contribution in [1.82, 2.24) is 10.2 Å². The van der Waals surface area contributed by atoms with Gasteiger partial charge in [-0.25, -0.2) is 0 Å². The van der Waals surface area contributed by atoms with Gasteiger partial charge in [0.25, 0.3) is 5.91 Å². The predicted octanol–water partition coefficient (Wildman–Crippen LogP) is 2.88. The van der Waals surface area contributed by atoms with Crippen LogP contribution in [0.25, 0.3) is 0 Å². The van der Waals surface area contributed by atoms with Crippen LogP contribution in [-0.4, -0.2) is 16.1 Å². The zero-order valence-corrected chi connectivity index (χ0v) is 12.3. The van der Waals surface area contributed by atoms with Crippen LogP contribution >= 0.6 is 11.3 Å². The van der Waals surface area contributed by atoms with E-state index < -0.39 is 0 Å². The Morgan fingerprint density at radius 3 is 2.95 bits per heavy atom. The van der Waals surface area contributed by atoms with E-state index in [1.54, 1.807) is 11.3 Å². The first-order valence-electron chi connectivity index (χ1n) is 6.88. The van der Waals surface area contributed by atoms with Crippen molar-refractivity contribution < 1.29 is 4.79 Å². The van der Waals surface area contributed by atoms with E-state index in [0.717, 1.165) is 23.4 Å². The molecule has 6 heteroatoms. The van der Waals surface area contributed by atoms with Crippen molar-refractivity contribution in [3.05, 3.63) is 27.1 Å². The molecule has 0 fully saturated rings. The number of nitrogens with zero attached hydrogens (tertiary/aromatic N) is 1. The summed E-state index contributed by atoms with van der Waals surface area (Å²) in [5.74, 6) is 0.289. The molecule has 1 aliphatic carbocycles. The number of rotatable bonds is 2. The number of hydrogen-bond acceptors (Lipinski definition) is 4. The molecule has 1 aliphatic rings. The molecule has 2 heterocycles. The number of aryl methyl sites for hydroxylation is 3. The first kappa shape index (κ1) is 13.2. The van der Waals surface area contributed by atoms with Crippen LogP contribution in [0.2, 0.25) is 0 Å². The molecule has 0 radical (unpaired) electrons. The van der Waals surface area contributed by atoms with Crippen molar-refractivity contribution in [3.63, 3.8) is 0 Å². The molecule has 106 valence electrons. The third-order valence-corrected chi connectivity index (χ3v) is 4.93. The number of carbonyl (C=O) groups is 1. The number of amides is 1. The molecule has 0 bridgehead atoms. The summed E-state index contributed by atoms with van der Waals surface area (Å²) in [5, 5.41) is 9.54. The Bertz CT molecular complexity index is 620. The summed E-state index contributed by atoms with van der Waals surface area (Å²) in [7, 11) is 0. The third kappa shape index (κ3) is 2.43. The normalized spacial score (nSPS) is 14.7. The summed E-state index contributed by atoms with van der Waals surface area (Å²) < 4.78 is 0. The Morgan fingerprint density at radius 1 is 1.40 bits per heavy atom. The zero-order chi connectivity index (χ0) is 14.1. The van der Waals surface area contributed by atoms with Gasteiger partial charge < -0.3 is 11.1 Å². The van der Waals surface area contributed by atoms with Crippen molar-refractivity contribution in [2.75, 3.05) is 11.1 Å². The lowest BCUT2D eigenvalue weighted by Gasteiger charge is -2.00. The van der Waals surface area contributed by atoms with Gasteiger partial charge in [0, 0.05) is 4.88 Å². The highest BCUT2D eigenvalue weighted by molar-refractivity contribution is 7.14. The molecule has 4 N–H and O–H groups in total. The molecule has 3 rings (SSSR count). The molecule has 0 atom stereocenters. The van der Waals surface area contributed by atoms with E-state index >= 15 is 0 Å². The monoisotopic (exact) mass is 290 g/mol. The Hall–Kier alpha value is -1.82. The average molecular weight is 290 g/mol. The number of aromatic nitrogens is 2. The van der Waals surface area contributed by atoms with E-state index in [1.807, 2.05) is 13.0 Å². The average Bonchev–Trinajstić information content (AvgIpc) is 2.90. The van der Waals surface area contributed by atoms with E-state index in [1.165, 1.54) is 29.7 Å². The predicted molar refractivity (Wildman–Crippen MR) is 81.3 cm³/mol. The number of anilines is 2. The van der Waals surface area contributed by atoms with Gasteiger partial charge in [-0.1, -0.05) is 6.42 Å². The molecule has 20 heavy (non-hydrogen) atoms. The van der Waals surface area contributed by atoms with Crippen molar-refractivity contribution >= 4 is 28.7 Å². The number of carbonyl (C=O) groups excluding carboxylic acids is 1. The largest absolute Gasteiger partial charge is 0.394 e. The van der Waals surface area contributed by atoms with Crippen molar-refractivity contribution in [1.29, 1.82) is 0 Å². The minimum Gasteiger partial charge on any atom is -0.394 e. The molecule has 0 saturated heterocycles. The first-order valence-corrected chi connectivity index (χ1v) is 7.70. The first-order chi connectivity index (χ1) is 9.65. The molecule has 5 nitrogen and oxygen atoms in total. The topological polar surface area (TPSA) is 83.8 Å². The Kier molecular flexibility index (Phi) is 3.48. The van der Waals surface area contributed by atoms with Gasteiger partial charge in [-0.3, -0.25) is 9.89 Å². The van der Waals surface area contributed by atoms with Gasteiger partial charge in [-0.05, 0) is 44.2 Å². The molecule has 0 saturated carbocycles. The number of fused-ring (bicyclic) bond motifs is 1. The van der Waals surface area contributed by atoms with Crippen molar-refractivity contribution in [3.8, 4) is 0 Å².